The molecule has 0 aliphatic carbocycles. The minimum atomic E-state index is 0.538. The van der Waals surface area contributed by atoms with Crippen molar-refractivity contribution in [2.24, 2.45) is 0 Å². The normalized spacial score (nSPS) is 12.0. The maximum atomic E-state index is 9.02. The van der Waals surface area contributed by atoms with E-state index in [1.54, 1.807) is 0 Å². The third-order valence-corrected chi connectivity index (χ3v) is 1.55. The molecule has 60 valence electrons. The van der Waals surface area contributed by atoms with Gasteiger partial charge < -0.3 is 5.11 Å². The minimum Gasteiger partial charge on any atom is -0.513 e. The minimum absolute atomic E-state index is 0.538. The van der Waals surface area contributed by atoms with E-state index in [4.69, 9.17) is 5.11 Å². The zero-order valence-electron chi connectivity index (χ0n) is 7.06. The molecule has 0 aliphatic heterocycles. The number of hydrogen-bond acceptors (Lipinski definition) is 1. The van der Waals surface area contributed by atoms with Gasteiger partial charge in [0.25, 0.3) is 0 Å². The third-order valence-electron chi connectivity index (χ3n) is 1.55. The molecule has 1 heteroatoms. The van der Waals surface area contributed by atoms with Gasteiger partial charge in [-0.2, -0.15) is 0 Å². The Bertz CT molecular complexity index is 94.9. The van der Waals surface area contributed by atoms with E-state index in [1.165, 1.54) is 19.3 Å². The highest BCUT2D eigenvalue weighted by atomic mass is 16.3. The average Bonchev–Trinajstić information content (AvgIpc) is 1.98. The first-order valence-electron chi connectivity index (χ1n) is 4.19. The van der Waals surface area contributed by atoms with Gasteiger partial charge in [0, 0.05) is 6.42 Å². The van der Waals surface area contributed by atoms with E-state index in [0.29, 0.717) is 5.76 Å². The predicted molar refractivity (Wildman–Crippen MR) is 45.1 cm³/mol. The van der Waals surface area contributed by atoms with Crippen molar-refractivity contribution in [2.75, 3.05) is 0 Å². The fourth-order valence-corrected chi connectivity index (χ4v) is 0.807. The van der Waals surface area contributed by atoms with Gasteiger partial charge in [0.2, 0.25) is 0 Å². The first-order chi connectivity index (χ1) is 4.81. The number of hydrogen-bond donors (Lipinski definition) is 1. The molecule has 0 fully saturated rings. The second-order valence-electron chi connectivity index (χ2n) is 2.54. The molecule has 0 aromatic rings. The molecule has 0 unspecified atom stereocenters. The van der Waals surface area contributed by atoms with E-state index in [-0.39, 0.29) is 0 Å². The van der Waals surface area contributed by atoms with Crippen LogP contribution in [0, 0.1) is 0 Å². The maximum Gasteiger partial charge on any atom is 0.0880 e. The highest BCUT2D eigenvalue weighted by molar-refractivity contribution is 4.88. The Morgan fingerprint density at radius 3 is 2.50 bits per heavy atom. The summed E-state index contributed by atoms with van der Waals surface area (Å²) in [5.74, 6) is 0.538. The summed E-state index contributed by atoms with van der Waals surface area (Å²) < 4.78 is 0. The molecule has 0 aliphatic rings. The molecule has 0 amide bonds. The van der Waals surface area contributed by atoms with E-state index in [2.05, 4.69) is 6.92 Å². The van der Waals surface area contributed by atoms with Crippen molar-refractivity contribution in [3.05, 3.63) is 11.8 Å². The van der Waals surface area contributed by atoms with Crippen LogP contribution in [0.1, 0.15) is 46.0 Å². The summed E-state index contributed by atoms with van der Waals surface area (Å²) >= 11 is 0. The lowest BCUT2D eigenvalue weighted by Crippen LogP contribution is -1.77. The van der Waals surface area contributed by atoms with Crippen LogP contribution in [-0.2, 0) is 0 Å². The monoisotopic (exact) mass is 142 g/mol. The molecule has 0 bridgehead atoms. The fraction of sp³-hybridized carbons (Fsp3) is 0.778. The molecule has 0 aromatic carbocycles. The molecule has 0 atom stereocenters. The zero-order valence-corrected chi connectivity index (χ0v) is 7.06. The molecule has 1 N–H and O–H groups in total. The van der Waals surface area contributed by atoms with Crippen LogP contribution in [0.2, 0.25) is 0 Å². The number of allylic oxidation sites excluding steroid dienone is 2. The maximum absolute atomic E-state index is 9.02. The molecule has 1 nitrogen and oxygen atoms in total. The van der Waals surface area contributed by atoms with Gasteiger partial charge in [-0.1, -0.05) is 26.7 Å². The van der Waals surface area contributed by atoms with Gasteiger partial charge in [-0.3, -0.25) is 0 Å². The van der Waals surface area contributed by atoms with E-state index in [9.17, 15) is 0 Å². The molecule has 0 aromatic heterocycles. The van der Waals surface area contributed by atoms with Crippen molar-refractivity contribution in [3.8, 4) is 0 Å². The second-order valence-corrected chi connectivity index (χ2v) is 2.54. The Labute approximate surface area is 63.8 Å². The smallest absolute Gasteiger partial charge is 0.0880 e. The topological polar surface area (TPSA) is 20.2 Å². The summed E-state index contributed by atoms with van der Waals surface area (Å²) in [6.07, 6.45) is 7.46. The Morgan fingerprint density at radius 2 is 2.00 bits per heavy atom. The number of aliphatic hydroxyl groups excluding tert-OH is 1. The van der Waals surface area contributed by atoms with Crippen molar-refractivity contribution >= 4 is 0 Å². The van der Waals surface area contributed by atoms with E-state index >= 15 is 0 Å². The van der Waals surface area contributed by atoms with E-state index in [1.807, 2.05) is 13.0 Å². The van der Waals surface area contributed by atoms with Gasteiger partial charge in [-0.15, -0.1) is 0 Å². The predicted octanol–water partition coefficient (Wildman–Crippen LogP) is 3.42. The zero-order chi connectivity index (χ0) is 7.82. The highest BCUT2D eigenvalue weighted by Crippen LogP contribution is 2.03. The lowest BCUT2D eigenvalue weighted by Gasteiger charge is -1.94. The molecule has 0 spiro atoms. The Kier molecular flexibility index (Phi) is 6.35. The van der Waals surface area contributed by atoms with Crippen LogP contribution in [-0.4, -0.2) is 5.11 Å². The van der Waals surface area contributed by atoms with Gasteiger partial charge in [0.15, 0.2) is 0 Å². The van der Waals surface area contributed by atoms with Gasteiger partial charge in [0.1, 0.15) is 0 Å². The van der Waals surface area contributed by atoms with Crippen LogP contribution in [0.15, 0.2) is 11.8 Å². The van der Waals surface area contributed by atoms with Crippen LogP contribution in [0.5, 0.6) is 0 Å². The van der Waals surface area contributed by atoms with Gasteiger partial charge >= 0.3 is 0 Å². The molecular weight excluding hydrogens is 124 g/mol. The van der Waals surface area contributed by atoms with Crippen LogP contribution in [0.3, 0.4) is 0 Å². The van der Waals surface area contributed by atoms with E-state index < -0.39 is 0 Å². The SMILES string of the molecule is CCCCC/C=C(/O)CC. The molecule has 0 radical (unpaired) electrons. The first-order valence-corrected chi connectivity index (χ1v) is 4.19. The fourth-order valence-electron chi connectivity index (χ4n) is 0.807. The third kappa shape index (κ3) is 5.67. The standard InChI is InChI=1S/C9H18O/c1-3-5-6-7-8-9(10)4-2/h8,10H,3-7H2,1-2H3/b9-8+. The first kappa shape index (κ1) is 9.54. The van der Waals surface area contributed by atoms with Crippen LogP contribution in [0.25, 0.3) is 0 Å². The number of rotatable bonds is 5. The van der Waals surface area contributed by atoms with E-state index in [0.717, 1.165) is 12.8 Å². The van der Waals surface area contributed by atoms with Gasteiger partial charge in [0.05, 0.1) is 5.76 Å². The van der Waals surface area contributed by atoms with Crippen molar-refractivity contribution in [1.82, 2.24) is 0 Å². The van der Waals surface area contributed by atoms with Crippen LogP contribution >= 0.6 is 0 Å². The van der Waals surface area contributed by atoms with Crippen molar-refractivity contribution in [3.63, 3.8) is 0 Å². The van der Waals surface area contributed by atoms with Crippen LogP contribution in [0.4, 0.5) is 0 Å². The summed E-state index contributed by atoms with van der Waals surface area (Å²) in [4.78, 5) is 0. The lowest BCUT2D eigenvalue weighted by molar-refractivity contribution is 0.391. The molecule has 0 saturated carbocycles. The number of aliphatic hydroxyl groups is 1. The van der Waals surface area contributed by atoms with Gasteiger partial charge in [-0.05, 0) is 18.9 Å². The summed E-state index contributed by atoms with van der Waals surface area (Å²) in [7, 11) is 0. The molecule has 0 saturated heterocycles. The number of unbranched alkanes of at least 4 members (excludes halogenated alkanes) is 3. The quantitative estimate of drug-likeness (QED) is 0.460. The Balaban J connectivity index is 3.16. The lowest BCUT2D eigenvalue weighted by atomic mass is 10.2. The molecule has 0 heterocycles. The van der Waals surface area contributed by atoms with Gasteiger partial charge in [-0.25, -0.2) is 0 Å². The average molecular weight is 142 g/mol. The largest absolute Gasteiger partial charge is 0.513 e. The van der Waals surface area contributed by atoms with Crippen molar-refractivity contribution in [2.45, 2.75) is 46.0 Å². The summed E-state index contributed by atoms with van der Waals surface area (Å²) in [6, 6.07) is 0. The second kappa shape index (κ2) is 6.66. The summed E-state index contributed by atoms with van der Waals surface area (Å²) in [5.41, 5.74) is 0. The van der Waals surface area contributed by atoms with Crippen molar-refractivity contribution in [1.29, 1.82) is 0 Å². The summed E-state index contributed by atoms with van der Waals surface area (Å²) in [5, 5.41) is 9.02. The summed E-state index contributed by atoms with van der Waals surface area (Å²) in [6.45, 7) is 4.15. The molecular formula is C9H18O. The Hall–Kier alpha value is -0.460. The van der Waals surface area contributed by atoms with Crippen molar-refractivity contribution < 1.29 is 5.11 Å². The molecule has 0 rings (SSSR count). The van der Waals surface area contributed by atoms with Crippen LogP contribution < -0.4 is 0 Å². The highest BCUT2D eigenvalue weighted by Gasteiger charge is 1.86. The Morgan fingerprint density at radius 1 is 1.30 bits per heavy atom. The molecule has 10 heavy (non-hydrogen) atoms.